The monoisotopic (exact) mass is 272 g/mol. The summed E-state index contributed by atoms with van der Waals surface area (Å²) >= 11 is 6.30. The number of hydrogen-bond donors (Lipinski definition) is 0. The summed E-state index contributed by atoms with van der Waals surface area (Å²) in [7, 11) is 0. The molecular weight excluding hydrogens is 258 g/mol. The van der Waals surface area contributed by atoms with E-state index in [0.717, 1.165) is 38.2 Å². The smallest absolute Gasteiger partial charge is 0.200 e. The van der Waals surface area contributed by atoms with E-state index in [1.54, 1.807) is 0 Å². The van der Waals surface area contributed by atoms with E-state index in [1.807, 2.05) is 0 Å². The van der Waals surface area contributed by atoms with Crippen molar-refractivity contribution in [2.45, 2.75) is 43.6 Å². The molecule has 0 N–H and O–H groups in total. The number of ether oxygens (including phenoxy) is 1. The Balaban J connectivity index is 1.79. The van der Waals surface area contributed by atoms with E-state index in [4.69, 9.17) is 16.3 Å². The lowest BCUT2D eigenvalue weighted by molar-refractivity contribution is -0.0378. The van der Waals surface area contributed by atoms with Crippen molar-refractivity contribution in [3.8, 4) is 5.75 Å². The average molecular weight is 273 g/mol. The minimum absolute atomic E-state index is 0.00911. The molecule has 2 aliphatic rings. The van der Waals surface area contributed by atoms with Crippen LogP contribution < -0.4 is 4.74 Å². The van der Waals surface area contributed by atoms with Gasteiger partial charge in [0.25, 0.3) is 0 Å². The first-order valence-electron chi connectivity index (χ1n) is 6.38. The quantitative estimate of drug-likeness (QED) is 0.730. The number of halogens is 3. The van der Waals surface area contributed by atoms with E-state index >= 15 is 0 Å². The van der Waals surface area contributed by atoms with E-state index in [-0.39, 0.29) is 22.6 Å². The lowest BCUT2D eigenvalue weighted by Gasteiger charge is -2.50. The molecule has 0 aliphatic heterocycles. The van der Waals surface area contributed by atoms with E-state index in [9.17, 15) is 8.78 Å². The molecule has 1 aromatic rings. The van der Waals surface area contributed by atoms with Crippen LogP contribution in [-0.2, 0) is 0 Å². The second-order valence-electron chi connectivity index (χ2n) is 5.30. The van der Waals surface area contributed by atoms with Gasteiger partial charge in [-0.1, -0.05) is 18.9 Å². The highest BCUT2D eigenvalue weighted by Crippen LogP contribution is 2.57. The van der Waals surface area contributed by atoms with E-state index < -0.39 is 11.6 Å². The molecule has 2 fully saturated rings. The highest BCUT2D eigenvalue weighted by molar-refractivity contribution is 6.21. The Morgan fingerprint density at radius 1 is 1.22 bits per heavy atom. The lowest BCUT2D eigenvalue weighted by atomic mass is 9.64. The maximum absolute atomic E-state index is 13.6. The molecule has 2 atom stereocenters. The summed E-state index contributed by atoms with van der Waals surface area (Å²) in [6.07, 6.45) is 5.01. The van der Waals surface area contributed by atoms with Crippen LogP contribution >= 0.6 is 11.6 Å². The van der Waals surface area contributed by atoms with Crippen LogP contribution in [0.3, 0.4) is 0 Å². The van der Waals surface area contributed by atoms with Crippen molar-refractivity contribution in [2.75, 3.05) is 0 Å². The predicted molar refractivity (Wildman–Crippen MR) is 65.9 cm³/mol. The molecule has 0 amide bonds. The molecule has 0 aromatic heterocycles. The van der Waals surface area contributed by atoms with Crippen molar-refractivity contribution in [2.24, 2.45) is 5.41 Å². The molecule has 0 bridgehead atoms. The van der Waals surface area contributed by atoms with Gasteiger partial charge in [0.2, 0.25) is 5.82 Å². The SMILES string of the molecule is Fc1cccc(OC2CC(Cl)C23CCCC3)c1F. The Bertz CT molecular complexity index is 457. The van der Waals surface area contributed by atoms with Crippen LogP contribution in [0.25, 0.3) is 0 Å². The van der Waals surface area contributed by atoms with Gasteiger partial charge in [-0.15, -0.1) is 11.6 Å². The summed E-state index contributed by atoms with van der Waals surface area (Å²) in [4.78, 5) is 0. The van der Waals surface area contributed by atoms with Gasteiger partial charge in [-0.05, 0) is 25.0 Å². The molecule has 4 heteroatoms. The van der Waals surface area contributed by atoms with Crippen molar-refractivity contribution in [3.63, 3.8) is 0 Å². The molecule has 2 unspecified atom stereocenters. The van der Waals surface area contributed by atoms with Crippen molar-refractivity contribution in [1.82, 2.24) is 0 Å². The third kappa shape index (κ3) is 1.71. The standard InChI is InChI=1S/C14H15ClF2O/c15-11-8-12(14(11)6-1-2-7-14)18-10-5-3-4-9(16)13(10)17/h3-5,11-12H,1-2,6-8H2. The fourth-order valence-corrected chi connectivity index (χ4v) is 3.78. The molecule has 0 radical (unpaired) electrons. The molecule has 2 aliphatic carbocycles. The topological polar surface area (TPSA) is 9.23 Å². The van der Waals surface area contributed by atoms with Gasteiger partial charge in [0.05, 0.1) is 0 Å². The largest absolute Gasteiger partial charge is 0.487 e. The van der Waals surface area contributed by atoms with Gasteiger partial charge in [0.1, 0.15) is 6.10 Å². The van der Waals surface area contributed by atoms with Gasteiger partial charge in [-0.25, -0.2) is 4.39 Å². The lowest BCUT2D eigenvalue weighted by Crippen LogP contribution is -2.55. The zero-order chi connectivity index (χ0) is 12.8. The Hall–Kier alpha value is -0.830. The third-order valence-corrected chi connectivity index (χ3v) is 5.02. The zero-order valence-corrected chi connectivity index (χ0v) is 10.7. The summed E-state index contributed by atoms with van der Waals surface area (Å²) < 4.78 is 32.3. The fraction of sp³-hybridized carbons (Fsp3) is 0.571. The van der Waals surface area contributed by atoms with Crippen LogP contribution in [0.4, 0.5) is 8.78 Å². The first-order valence-corrected chi connectivity index (χ1v) is 6.82. The molecule has 0 saturated heterocycles. The molecule has 1 nitrogen and oxygen atoms in total. The Labute approximate surface area is 110 Å². The summed E-state index contributed by atoms with van der Waals surface area (Å²) in [5, 5.41) is 0.113. The maximum atomic E-state index is 13.6. The zero-order valence-electron chi connectivity index (χ0n) is 9.96. The van der Waals surface area contributed by atoms with Gasteiger partial charge in [-0.3, -0.25) is 0 Å². The molecule has 2 saturated carbocycles. The maximum Gasteiger partial charge on any atom is 0.200 e. The highest BCUT2D eigenvalue weighted by Gasteiger charge is 2.57. The Kier molecular flexibility index (Phi) is 2.97. The van der Waals surface area contributed by atoms with E-state index in [0.29, 0.717) is 0 Å². The van der Waals surface area contributed by atoms with Crippen molar-refractivity contribution >= 4 is 11.6 Å². The average Bonchev–Trinajstić information content (AvgIpc) is 2.86. The summed E-state index contributed by atoms with van der Waals surface area (Å²) in [5.74, 6) is -1.76. The van der Waals surface area contributed by atoms with Crippen LogP contribution in [0.5, 0.6) is 5.75 Å². The predicted octanol–water partition coefficient (Wildman–Crippen LogP) is 4.28. The van der Waals surface area contributed by atoms with Crippen LogP contribution in [0.15, 0.2) is 18.2 Å². The van der Waals surface area contributed by atoms with Crippen LogP contribution in [0.1, 0.15) is 32.1 Å². The van der Waals surface area contributed by atoms with Gasteiger partial charge in [0, 0.05) is 17.2 Å². The van der Waals surface area contributed by atoms with Crippen LogP contribution in [-0.4, -0.2) is 11.5 Å². The summed E-state index contributed by atoms with van der Waals surface area (Å²) in [6, 6.07) is 4.03. The minimum atomic E-state index is -0.899. The molecule has 3 rings (SSSR count). The third-order valence-electron chi connectivity index (χ3n) is 4.41. The molecule has 18 heavy (non-hydrogen) atoms. The first-order chi connectivity index (χ1) is 8.63. The van der Waals surface area contributed by atoms with Crippen molar-refractivity contribution < 1.29 is 13.5 Å². The van der Waals surface area contributed by atoms with Crippen molar-refractivity contribution in [3.05, 3.63) is 29.8 Å². The highest BCUT2D eigenvalue weighted by atomic mass is 35.5. The van der Waals surface area contributed by atoms with Gasteiger partial charge >= 0.3 is 0 Å². The van der Waals surface area contributed by atoms with Gasteiger partial charge in [-0.2, -0.15) is 4.39 Å². The number of benzene rings is 1. The summed E-state index contributed by atoms with van der Waals surface area (Å²) in [6.45, 7) is 0. The summed E-state index contributed by atoms with van der Waals surface area (Å²) in [5.41, 5.74) is -0.0136. The Morgan fingerprint density at radius 3 is 2.61 bits per heavy atom. The molecule has 0 heterocycles. The number of hydrogen-bond acceptors (Lipinski definition) is 1. The van der Waals surface area contributed by atoms with Gasteiger partial charge in [0.15, 0.2) is 11.6 Å². The number of rotatable bonds is 2. The van der Waals surface area contributed by atoms with E-state index in [1.165, 1.54) is 12.1 Å². The second kappa shape index (κ2) is 4.37. The van der Waals surface area contributed by atoms with Gasteiger partial charge < -0.3 is 4.74 Å². The molecule has 1 aromatic carbocycles. The second-order valence-corrected chi connectivity index (χ2v) is 5.83. The molecule has 1 spiro atoms. The van der Waals surface area contributed by atoms with Crippen LogP contribution in [0, 0.1) is 17.0 Å². The van der Waals surface area contributed by atoms with Crippen LogP contribution in [0.2, 0.25) is 0 Å². The van der Waals surface area contributed by atoms with Crippen molar-refractivity contribution in [1.29, 1.82) is 0 Å². The fourth-order valence-electron chi connectivity index (χ4n) is 3.26. The molecular formula is C14H15ClF2O. The van der Waals surface area contributed by atoms with E-state index in [2.05, 4.69) is 0 Å². The Morgan fingerprint density at radius 2 is 1.94 bits per heavy atom. The number of alkyl halides is 1. The molecule has 98 valence electrons. The normalized spacial score (nSPS) is 29.3. The first kappa shape index (κ1) is 12.2. The minimum Gasteiger partial charge on any atom is -0.487 e.